The normalized spacial score (nSPS) is 10.2. The Hall–Kier alpha value is -13.8. The van der Waals surface area contributed by atoms with Crippen molar-refractivity contribution in [3.05, 3.63) is 355 Å². The van der Waals surface area contributed by atoms with Crippen LogP contribution in [0.2, 0.25) is 5.02 Å². The first-order valence-electron chi connectivity index (χ1n) is 41.8. The molecule has 133 heavy (non-hydrogen) atoms. The molecule has 0 aliphatic heterocycles. The molecule has 12 rings (SSSR count). The summed E-state index contributed by atoms with van der Waals surface area (Å²) in [4.78, 5) is 68.5. The van der Waals surface area contributed by atoms with Gasteiger partial charge in [0, 0.05) is 46.4 Å². The first-order valence-corrected chi connectivity index (χ1v) is 44.0. The van der Waals surface area contributed by atoms with Crippen LogP contribution in [0.1, 0.15) is 111 Å². The molecule has 6 amide bonds. The van der Waals surface area contributed by atoms with E-state index in [1.54, 1.807) is 24.3 Å². The van der Waals surface area contributed by atoms with Gasteiger partial charge in [0.05, 0.1) is 76.8 Å². The van der Waals surface area contributed by atoms with Gasteiger partial charge in [-0.05, 0) is 254 Å². The third-order valence-electron chi connectivity index (χ3n) is 19.7. The Morgan fingerprint density at radius 1 is 0.301 bits per heavy atom. The van der Waals surface area contributed by atoms with E-state index in [4.69, 9.17) is 40.0 Å². The zero-order valence-electron chi connectivity index (χ0n) is 78.2. The standard InChI is InChI=1S/C19H21NO3.C18H21NO3.C17H18BrNO3.C17H18ClNO3.C17H18FNO3.C17H18INO3/c1-5-15-7-8-16(17(11-15)20-19(21)22-4)12-23-18-9-6-13(2)10-14(18)3;1-12-6-8-17(14(3)9-12)22-11-15-7-5-13(2)10-16(15)19-18(20)21-4;4*1-11-4-7-16(12(2)8-11)22-10-13-5-6-14(18)9-15(13)19-17(20)21-3/h5-11H,1,12H2,2-4H3,(H,20,21);5-10H,11H2,1-4H3,(H,19,20);4*4-9H,10H2,1-3H3,(H,19,20). The largest absolute Gasteiger partial charge is 0.489 e. The molecule has 0 fully saturated rings. The molecular weight excluding hydrogens is 1890 g/mol. The lowest BCUT2D eigenvalue weighted by atomic mass is 10.1. The summed E-state index contributed by atoms with van der Waals surface area (Å²) in [5.41, 5.74) is 24.1. The predicted molar refractivity (Wildman–Crippen MR) is 537 cm³/mol. The Balaban J connectivity index is 0.000000218. The molecule has 12 aromatic rings. The highest BCUT2D eigenvalue weighted by Gasteiger charge is 2.18. The van der Waals surface area contributed by atoms with Crippen molar-refractivity contribution in [2.45, 2.75) is 130 Å². The SMILES string of the molecule is C=Cc1ccc(COc2ccc(C)cc2C)c(NC(=O)OC)c1.COC(=O)Nc1cc(Br)ccc1COc1ccc(C)cc1C.COC(=O)Nc1cc(C)ccc1COc1ccc(C)cc1C.COC(=O)Nc1cc(Cl)ccc1COc1ccc(C)cc1C.COC(=O)Nc1cc(F)ccc1COc1ccc(C)cc1C.COC(=O)Nc1cc(I)ccc1COc1ccc(C)cc1C. The number of carbonyl (C=O) groups is 6. The number of benzene rings is 12. The average molecular weight is 2010 g/mol. The molecule has 0 unspecified atom stereocenters. The fourth-order valence-electron chi connectivity index (χ4n) is 12.7. The van der Waals surface area contributed by atoms with E-state index in [1.165, 1.54) is 82.6 Å². The molecule has 0 aliphatic carbocycles. The summed E-state index contributed by atoms with van der Waals surface area (Å²) in [5, 5.41) is 16.5. The van der Waals surface area contributed by atoms with Gasteiger partial charge in [-0.1, -0.05) is 195 Å². The molecule has 0 aromatic heterocycles. The Bertz CT molecular complexity index is 5330. The van der Waals surface area contributed by atoms with Gasteiger partial charge in [-0.2, -0.15) is 0 Å². The van der Waals surface area contributed by atoms with Gasteiger partial charge in [0.2, 0.25) is 0 Å². The Morgan fingerprint density at radius 2 is 0.534 bits per heavy atom. The first kappa shape index (κ1) is 106. The van der Waals surface area contributed by atoms with E-state index in [0.717, 1.165) is 120 Å². The summed E-state index contributed by atoms with van der Waals surface area (Å²) >= 11 is 11.6. The van der Waals surface area contributed by atoms with Crippen LogP contribution in [0.3, 0.4) is 0 Å². The minimum atomic E-state index is -0.654. The van der Waals surface area contributed by atoms with Crippen LogP contribution in [-0.4, -0.2) is 79.2 Å². The van der Waals surface area contributed by atoms with E-state index in [2.05, 4.69) is 143 Å². The van der Waals surface area contributed by atoms with Crippen molar-refractivity contribution in [3.8, 4) is 34.5 Å². The number of carbonyl (C=O) groups excluding carboxylic acids is 6. The number of nitrogens with one attached hydrogen (secondary N) is 6. The minimum Gasteiger partial charge on any atom is -0.489 e. The second kappa shape index (κ2) is 54.1. The number of hydrogen-bond acceptors (Lipinski definition) is 18. The molecule has 0 saturated carbocycles. The topological polar surface area (TPSA) is 285 Å². The van der Waals surface area contributed by atoms with E-state index >= 15 is 0 Å². The summed E-state index contributed by atoms with van der Waals surface area (Å²) in [7, 11) is 7.91. The quantitative estimate of drug-likeness (QED) is 0.0229. The minimum absolute atomic E-state index is 0.212. The number of rotatable bonds is 25. The van der Waals surface area contributed by atoms with E-state index in [-0.39, 0.29) is 6.61 Å². The van der Waals surface area contributed by atoms with Gasteiger partial charge in [-0.25, -0.2) is 33.2 Å². The molecule has 6 N–H and O–H groups in total. The maximum Gasteiger partial charge on any atom is 0.411 e. The van der Waals surface area contributed by atoms with Crippen molar-refractivity contribution in [2.75, 3.05) is 74.6 Å². The number of ether oxygens (including phenoxy) is 12. The Kier molecular flexibility index (Phi) is 43.3. The van der Waals surface area contributed by atoms with Crippen LogP contribution in [0.5, 0.6) is 34.5 Å². The van der Waals surface area contributed by atoms with Crippen molar-refractivity contribution >= 4 is 127 Å². The van der Waals surface area contributed by atoms with Gasteiger partial charge in [0.1, 0.15) is 80.0 Å². The molecule has 12 aromatic carbocycles. The van der Waals surface area contributed by atoms with Crippen LogP contribution in [0, 0.1) is 99.4 Å². The summed E-state index contributed by atoms with van der Waals surface area (Å²) < 4.78 is 78.1. The number of hydrogen-bond donors (Lipinski definition) is 6. The van der Waals surface area contributed by atoms with Crippen LogP contribution in [-0.2, 0) is 68.1 Å². The highest BCUT2D eigenvalue weighted by molar-refractivity contribution is 14.1. The zero-order chi connectivity index (χ0) is 97.4. The Labute approximate surface area is 805 Å². The van der Waals surface area contributed by atoms with Crippen LogP contribution in [0.25, 0.3) is 6.08 Å². The lowest BCUT2D eigenvalue weighted by molar-refractivity contribution is 0.186. The molecule has 28 heteroatoms. The van der Waals surface area contributed by atoms with Crippen LogP contribution in [0.15, 0.2) is 229 Å². The number of halogens is 4. The molecule has 24 nitrogen and oxygen atoms in total. The number of amides is 6. The van der Waals surface area contributed by atoms with Crippen molar-refractivity contribution in [1.29, 1.82) is 0 Å². The summed E-state index contributed by atoms with van der Waals surface area (Å²) in [6.07, 6.45) is -1.48. The summed E-state index contributed by atoms with van der Waals surface area (Å²) in [6.45, 7) is 32.0. The highest BCUT2D eigenvalue weighted by atomic mass is 127. The Morgan fingerprint density at radius 3 is 0.835 bits per heavy atom. The molecule has 0 atom stereocenters. The van der Waals surface area contributed by atoms with Gasteiger partial charge >= 0.3 is 36.6 Å². The third-order valence-corrected chi connectivity index (χ3v) is 21.1. The third kappa shape index (κ3) is 36.1. The second-order valence-electron chi connectivity index (χ2n) is 30.5. The van der Waals surface area contributed by atoms with E-state index in [9.17, 15) is 33.2 Å². The van der Waals surface area contributed by atoms with Crippen molar-refractivity contribution in [3.63, 3.8) is 0 Å². The zero-order valence-corrected chi connectivity index (χ0v) is 82.7. The summed E-state index contributed by atoms with van der Waals surface area (Å²) in [5.74, 6) is 4.46. The van der Waals surface area contributed by atoms with Crippen LogP contribution in [0.4, 0.5) is 67.3 Å². The monoisotopic (exact) mass is 2010 g/mol. The lowest BCUT2D eigenvalue weighted by Crippen LogP contribution is -2.13. The van der Waals surface area contributed by atoms with E-state index in [0.29, 0.717) is 77.7 Å². The fraction of sp³-hybridized carbons (Fsp3) is 0.238. The van der Waals surface area contributed by atoms with Gasteiger partial charge in [0.15, 0.2) is 0 Å². The smallest absolute Gasteiger partial charge is 0.411 e. The average Bonchev–Trinajstić information content (AvgIpc) is 0.879. The predicted octanol–water partition coefficient (Wildman–Crippen LogP) is 27.5. The first-order chi connectivity index (χ1) is 63.5. The summed E-state index contributed by atoms with van der Waals surface area (Å²) in [6, 6.07) is 68.4. The second-order valence-corrected chi connectivity index (χ2v) is 33.1. The van der Waals surface area contributed by atoms with E-state index in [1.807, 2.05) is 241 Å². The highest BCUT2D eigenvalue weighted by Crippen LogP contribution is 2.33. The van der Waals surface area contributed by atoms with Crippen LogP contribution < -0.4 is 60.3 Å². The van der Waals surface area contributed by atoms with Crippen LogP contribution >= 0.6 is 50.1 Å². The number of anilines is 6. The van der Waals surface area contributed by atoms with E-state index < -0.39 is 42.4 Å². The molecule has 700 valence electrons. The maximum absolute atomic E-state index is 13.3. The number of methoxy groups -OCH3 is 6. The molecular formula is C105H114BrClFIN6O18. The number of aryl methyl sites for hydroxylation is 13. The maximum atomic E-state index is 13.3. The van der Waals surface area contributed by atoms with Crippen molar-refractivity contribution < 1.29 is 90.0 Å². The van der Waals surface area contributed by atoms with Crippen molar-refractivity contribution in [2.24, 2.45) is 0 Å². The fourth-order valence-corrected chi connectivity index (χ4v) is 13.8. The molecule has 0 bridgehead atoms. The van der Waals surface area contributed by atoms with Gasteiger partial charge < -0.3 is 56.8 Å². The molecule has 0 saturated heterocycles. The molecule has 0 radical (unpaired) electrons. The van der Waals surface area contributed by atoms with Gasteiger partial charge in [0.25, 0.3) is 0 Å². The van der Waals surface area contributed by atoms with Crippen molar-refractivity contribution in [1.82, 2.24) is 0 Å². The van der Waals surface area contributed by atoms with Gasteiger partial charge in [-0.3, -0.25) is 31.9 Å². The molecule has 0 aliphatic rings. The van der Waals surface area contributed by atoms with Gasteiger partial charge in [-0.15, -0.1) is 0 Å². The lowest BCUT2D eigenvalue weighted by Gasteiger charge is -2.14. The molecule has 0 heterocycles. The molecule has 0 spiro atoms.